The van der Waals surface area contributed by atoms with Crippen molar-refractivity contribution < 1.29 is 19.4 Å². The number of methoxy groups -OCH3 is 2. The number of hydrogen-bond donors (Lipinski definition) is 1. The minimum atomic E-state index is -0.841. The Bertz CT molecular complexity index is 494. The van der Waals surface area contributed by atoms with Gasteiger partial charge in [-0.2, -0.15) is 0 Å². The molecule has 0 aromatic heterocycles. The number of aliphatic hydroxyl groups is 1. The van der Waals surface area contributed by atoms with E-state index in [2.05, 4.69) is 6.92 Å². The lowest BCUT2D eigenvalue weighted by molar-refractivity contribution is -0.189. The first-order valence-corrected chi connectivity index (χ1v) is 7.18. The van der Waals surface area contributed by atoms with Crippen molar-refractivity contribution in [3.63, 3.8) is 0 Å². The van der Waals surface area contributed by atoms with Gasteiger partial charge in [-0.15, -0.1) is 0 Å². The van der Waals surface area contributed by atoms with Gasteiger partial charge in [0.05, 0.1) is 18.3 Å². The normalized spacial score (nSPS) is 59.1. The van der Waals surface area contributed by atoms with Gasteiger partial charge in [-0.05, 0) is 38.0 Å². The van der Waals surface area contributed by atoms with Gasteiger partial charge < -0.3 is 14.6 Å². The Morgan fingerprint density at radius 2 is 1.79 bits per heavy atom. The summed E-state index contributed by atoms with van der Waals surface area (Å²) in [6.07, 6.45) is 3.81. The molecule has 19 heavy (non-hydrogen) atoms. The molecule has 1 spiro atoms. The Kier molecular flexibility index (Phi) is 1.74. The molecule has 0 aromatic rings. The van der Waals surface area contributed by atoms with Gasteiger partial charge in [-0.25, -0.2) is 0 Å². The molecule has 5 aliphatic rings. The zero-order chi connectivity index (χ0) is 13.9. The molecule has 4 heteroatoms. The lowest BCUT2D eigenvalue weighted by atomic mass is 9.54. The molecule has 5 rings (SSSR count). The first-order chi connectivity index (χ1) is 8.82. The number of hydrogen-bond acceptors (Lipinski definition) is 4. The average Bonchev–Trinajstić information content (AvgIpc) is 3.24. The molecule has 5 atom stereocenters. The van der Waals surface area contributed by atoms with Crippen molar-refractivity contribution in [1.29, 1.82) is 0 Å². The van der Waals surface area contributed by atoms with Crippen LogP contribution < -0.4 is 0 Å². The van der Waals surface area contributed by atoms with E-state index >= 15 is 0 Å². The predicted octanol–water partition coefficient (Wildman–Crippen LogP) is 1.51. The number of rotatable bonds is 2. The molecule has 0 amide bonds. The van der Waals surface area contributed by atoms with Gasteiger partial charge in [0.2, 0.25) is 0 Å². The molecule has 0 radical (unpaired) electrons. The fraction of sp³-hybridized carbons (Fsp3) is 0.933. The summed E-state index contributed by atoms with van der Waals surface area (Å²) in [7, 11) is 3.13. The topological polar surface area (TPSA) is 55.8 Å². The smallest absolute Gasteiger partial charge is 0.315 e. The van der Waals surface area contributed by atoms with Crippen LogP contribution in [0.5, 0.6) is 0 Å². The maximum absolute atomic E-state index is 12.6. The van der Waals surface area contributed by atoms with Gasteiger partial charge in [-0.3, -0.25) is 4.79 Å². The fourth-order valence-electron chi connectivity index (χ4n) is 6.67. The summed E-state index contributed by atoms with van der Waals surface area (Å²) in [6.45, 7) is 4.07. The maximum Gasteiger partial charge on any atom is 0.315 e. The largest absolute Gasteiger partial charge is 0.468 e. The first kappa shape index (κ1) is 12.2. The lowest BCUT2D eigenvalue weighted by Crippen LogP contribution is -2.58. The van der Waals surface area contributed by atoms with Crippen molar-refractivity contribution in [3.8, 4) is 0 Å². The molecule has 4 bridgehead atoms. The van der Waals surface area contributed by atoms with Crippen LogP contribution in [0.15, 0.2) is 0 Å². The molecule has 0 heterocycles. The second-order valence-electron chi connectivity index (χ2n) is 7.39. The highest BCUT2D eigenvalue weighted by atomic mass is 16.5. The van der Waals surface area contributed by atoms with Crippen LogP contribution in [0.3, 0.4) is 0 Å². The average molecular weight is 266 g/mol. The highest BCUT2D eigenvalue weighted by molar-refractivity contribution is 5.89. The van der Waals surface area contributed by atoms with E-state index in [1.165, 1.54) is 7.11 Å². The van der Waals surface area contributed by atoms with Crippen LogP contribution in [-0.2, 0) is 14.3 Å². The number of carbonyl (C=O) groups is 1. The summed E-state index contributed by atoms with van der Waals surface area (Å²) < 4.78 is 11.0. The van der Waals surface area contributed by atoms with Crippen molar-refractivity contribution in [2.45, 2.75) is 50.7 Å². The highest BCUT2D eigenvalue weighted by Gasteiger charge is 3.04. The van der Waals surface area contributed by atoms with Crippen molar-refractivity contribution in [1.82, 2.24) is 0 Å². The van der Waals surface area contributed by atoms with Gasteiger partial charge in [0.25, 0.3) is 0 Å². The fourth-order valence-corrected chi connectivity index (χ4v) is 6.67. The molecule has 106 valence electrons. The van der Waals surface area contributed by atoms with Crippen molar-refractivity contribution >= 4 is 5.97 Å². The molecule has 4 nitrogen and oxygen atoms in total. The SMILES string of the molecule is COC(=O)[C@]12[C@H]3[C@](C)(O)[C@](C)(CC[C@]31OC)C21CC1. The van der Waals surface area contributed by atoms with Crippen LogP contribution in [0, 0.1) is 22.2 Å². The minimum Gasteiger partial charge on any atom is -0.468 e. The summed E-state index contributed by atoms with van der Waals surface area (Å²) in [5.41, 5.74) is -2.21. The summed E-state index contributed by atoms with van der Waals surface area (Å²) in [4.78, 5) is 12.6. The Morgan fingerprint density at radius 3 is 2.26 bits per heavy atom. The zero-order valence-electron chi connectivity index (χ0n) is 12.1. The Balaban J connectivity index is 1.99. The van der Waals surface area contributed by atoms with Gasteiger partial charge in [-0.1, -0.05) is 6.92 Å². The third-order valence-electron chi connectivity index (χ3n) is 7.59. The second kappa shape index (κ2) is 2.73. The molecular weight excluding hydrogens is 244 g/mol. The molecule has 0 unspecified atom stereocenters. The van der Waals surface area contributed by atoms with Crippen LogP contribution >= 0.6 is 0 Å². The van der Waals surface area contributed by atoms with Crippen molar-refractivity contribution in [2.24, 2.45) is 22.2 Å². The highest BCUT2D eigenvalue weighted by Crippen LogP contribution is 2.97. The van der Waals surface area contributed by atoms with Crippen molar-refractivity contribution in [2.75, 3.05) is 14.2 Å². The van der Waals surface area contributed by atoms with E-state index in [1.54, 1.807) is 7.11 Å². The lowest BCUT2D eigenvalue weighted by Gasteiger charge is -2.54. The summed E-state index contributed by atoms with van der Waals surface area (Å²) >= 11 is 0. The van der Waals surface area contributed by atoms with E-state index in [0.717, 1.165) is 25.7 Å². The number of fused-ring (bicyclic) bond motifs is 1. The standard InChI is InChI=1S/C15H22O4/c1-11-5-8-14(19-4)9(12(11,2)17)15(14,10(16)18-3)13(11)6-7-13/h9,17H,5-8H2,1-4H3/t9-,11-,12-,14-,15-/m0/s1. The number of carbonyl (C=O) groups excluding carboxylic acids is 1. The van der Waals surface area contributed by atoms with Crippen LogP contribution in [0.1, 0.15) is 39.5 Å². The van der Waals surface area contributed by atoms with E-state index in [1.807, 2.05) is 6.92 Å². The minimum absolute atomic E-state index is 0.102. The summed E-state index contributed by atoms with van der Waals surface area (Å²) in [5, 5.41) is 11.1. The number of esters is 1. The Hall–Kier alpha value is -0.610. The monoisotopic (exact) mass is 266 g/mol. The van der Waals surface area contributed by atoms with Gasteiger partial charge in [0, 0.05) is 18.4 Å². The van der Waals surface area contributed by atoms with E-state index in [9.17, 15) is 9.90 Å². The molecule has 0 aliphatic heterocycles. The molecule has 5 aliphatic carbocycles. The molecule has 0 aromatic carbocycles. The van der Waals surface area contributed by atoms with E-state index < -0.39 is 16.6 Å². The van der Waals surface area contributed by atoms with Crippen LogP contribution in [0.2, 0.25) is 0 Å². The molecule has 5 saturated carbocycles. The van der Waals surface area contributed by atoms with Crippen molar-refractivity contribution in [3.05, 3.63) is 0 Å². The van der Waals surface area contributed by atoms with E-state index in [0.29, 0.717) is 0 Å². The Labute approximate surface area is 113 Å². The van der Waals surface area contributed by atoms with Gasteiger partial charge >= 0.3 is 5.97 Å². The van der Waals surface area contributed by atoms with Gasteiger partial charge in [0.1, 0.15) is 5.41 Å². The third-order valence-corrected chi connectivity index (χ3v) is 7.59. The summed E-state index contributed by atoms with van der Waals surface area (Å²) in [5.74, 6) is -0.272. The molecule has 1 N–H and O–H groups in total. The first-order valence-electron chi connectivity index (χ1n) is 7.18. The van der Waals surface area contributed by atoms with Crippen LogP contribution in [0.4, 0.5) is 0 Å². The third kappa shape index (κ3) is 0.744. The number of ether oxygens (including phenoxy) is 2. The predicted molar refractivity (Wildman–Crippen MR) is 67.3 cm³/mol. The van der Waals surface area contributed by atoms with E-state index in [4.69, 9.17) is 9.47 Å². The zero-order valence-corrected chi connectivity index (χ0v) is 12.1. The molecule has 0 saturated heterocycles. The maximum atomic E-state index is 12.6. The second-order valence-corrected chi connectivity index (χ2v) is 7.39. The molecular formula is C15H22O4. The summed E-state index contributed by atoms with van der Waals surface area (Å²) in [6, 6.07) is 0. The quantitative estimate of drug-likeness (QED) is 0.770. The van der Waals surface area contributed by atoms with Gasteiger partial charge in [0.15, 0.2) is 0 Å². The van der Waals surface area contributed by atoms with Crippen LogP contribution in [-0.4, -0.2) is 36.5 Å². The molecule has 5 fully saturated rings. The van der Waals surface area contributed by atoms with E-state index in [-0.39, 0.29) is 22.7 Å². The Morgan fingerprint density at radius 1 is 1.16 bits per heavy atom. The van der Waals surface area contributed by atoms with Crippen LogP contribution in [0.25, 0.3) is 0 Å².